The van der Waals surface area contributed by atoms with Gasteiger partial charge in [-0.05, 0) is 33.9 Å². The zero-order valence-corrected chi connectivity index (χ0v) is 45.2. The topological polar surface area (TPSA) is 276 Å². The maximum atomic E-state index is 13.6. The van der Waals surface area contributed by atoms with Gasteiger partial charge in [0, 0.05) is 40.0 Å². The molecule has 0 aliphatic carbocycles. The predicted octanol–water partition coefficient (Wildman–Crippen LogP) is 0.656. The number of hydrogen-bond donors (Lipinski definition) is 0. The van der Waals surface area contributed by atoms with Crippen LogP contribution in [0.15, 0.2) is 65.8 Å². The second-order valence-corrected chi connectivity index (χ2v) is 29.1. The molecule has 0 aromatic heterocycles. The predicted molar refractivity (Wildman–Crippen MR) is 241 cm³/mol. The minimum Gasteiger partial charge on any atom is -0.726 e. The minimum atomic E-state index is -5.68. The average Bonchev–Trinajstić information content (AvgIpc) is 3.25. The van der Waals surface area contributed by atoms with Gasteiger partial charge in [-0.15, -0.1) is 0 Å². The van der Waals surface area contributed by atoms with Gasteiger partial charge in [0.05, 0.1) is 20.1 Å². The van der Waals surface area contributed by atoms with Crippen molar-refractivity contribution in [1.82, 2.24) is 0 Å². The summed E-state index contributed by atoms with van der Waals surface area (Å²) in [6, 6.07) is 17.4. The molecule has 2 fully saturated rings. The molecule has 4 rings (SSSR count). The van der Waals surface area contributed by atoms with Crippen molar-refractivity contribution in [2.45, 2.75) is 140 Å². The molecule has 2 aliphatic rings. The van der Waals surface area contributed by atoms with Crippen molar-refractivity contribution >= 4 is 60.9 Å². The summed E-state index contributed by atoms with van der Waals surface area (Å²) >= 11 is 0. The summed E-state index contributed by atoms with van der Waals surface area (Å²) in [5, 5.41) is 4.72. The molecule has 2 aromatic carbocycles. The van der Waals surface area contributed by atoms with Crippen molar-refractivity contribution in [3.8, 4) is 0 Å². The van der Waals surface area contributed by atoms with Crippen molar-refractivity contribution in [1.29, 1.82) is 0 Å². The number of carbonyl (C=O) groups excluding carboxylic acids is 4. The Balaban J connectivity index is 0.0000122. The fraction of sp³-hybridized carbons (Fsp3) is 0.628. The Labute approximate surface area is 421 Å². The number of azide groups is 1. The van der Waals surface area contributed by atoms with E-state index in [1.54, 1.807) is 0 Å². The molecule has 0 bridgehead atoms. The van der Waals surface area contributed by atoms with Crippen LogP contribution in [0.5, 0.6) is 0 Å². The number of methoxy groups -OCH3 is 2. The maximum absolute atomic E-state index is 13.6. The molecule has 0 radical (unpaired) electrons. The van der Waals surface area contributed by atoms with Gasteiger partial charge in [-0.2, -0.15) is 0 Å². The summed E-state index contributed by atoms with van der Waals surface area (Å²) in [6.07, 6.45) is -16.5. The molecule has 2 saturated heterocycles. The first-order valence-electron chi connectivity index (χ1n) is 21.5. The van der Waals surface area contributed by atoms with Gasteiger partial charge in [0.1, 0.15) is 49.1 Å². The summed E-state index contributed by atoms with van der Waals surface area (Å²) in [6.45, 7) is 14.0. The molecule has 0 unspecified atom stereocenters. The second kappa shape index (κ2) is 26.3. The van der Waals surface area contributed by atoms with E-state index in [1.165, 1.54) is 14.0 Å². The number of nitrogens with zero attached hydrogens (tertiary/aromatic N) is 3. The number of Topliss-reactive ketones (excluding diaryl/α,β-unsaturated/α-hetero) is 1. The molecule has 0 N–H and O–H groups in total. The molecule has 21 nitrogen and oxygen atoms in total. The van der Waals surface area contributed by atoms with Crippen LogP contribution in [-0.2, 0) is 80.8 Å². The Morgan fingerprint density at radius 1 is 0.838 bits per heavy atom. The third kappa shape index (κ3) is 16.2. The Morgan fingerprint density at radius 2 is 1.44 bits per heavy atom. The molecule has 2 aromatic rings. The van der Waals surface area contributed by atoms with Gasteiger partial charge in [0.15, 0.2) is 24.8 Å². The summed E-state index contributed by atoms with van der Waals surface area (Å²) in [5.41, 5.74) is 9.98. The summed E-state index contributed by atoms with van der Waals surface area (Å²) < 4.78 is 103. The quantitative estimate of drug-likeness (QED) is 0.0141. The monoisotopic (exact) mass is 1020 g/mol. The molecule has 2 heterocycles. The molecular weight excluding hydrogens is 958 g/mol. The fourth-order valence-electron chi connectivity index (χ4n) is 7.85. The third-order valence-corrected chi connectivity index (χ3v) is 18.1. The molecule has 2 aliphatic heterocycles. The van der Waals surface area contributed by atoms with Gasteiger partial charge in [-0.1, -0.05) is 106 Å². The molecule has 0 amide bonds. The SMILES string of the molecule is COC(=O)[C@H]1O[C@H](OC)[C@H](OC(C)=O)[C@@H](OCOCC[Si](C)(C)C)[C@@H]1O[C@H]1O[C@H](CO[Si](c2ccccc2)(c2ccccc2)C(C)(C)C)[C@@H](OS(=O)(=O)[O-])[C@H](OC(=O)CCC(C)=O)[C@H]1N=[N+]=[N-].[Na+]. The zero-order valence-electron chi connectivity index (χ0n) is 40.4. The van der Waals surface area contributed by atoms with Crippen molar-refractivity contribution in [3.05, 3.63) is 71.1 Å². The van der Waals surface area contributed by atoms with Crippen LogP contribution in [-0.4, -0.2) is 149 Å². The maximum Gasteiger partial charge on any atom is 1.00 e. The van der Waals surface area contributed by atoms with E-state index >= 15 is 0 Å². The summed E-state index contributed by atoms with van der Waals surface area (Å²) in [5.74, 6) is -3.31. The average molecular weight is 1020 g/mol. The third-order valence-electron chi connectivity index (χ3n) is 11.0. The van der Waals surface area contributed by atoms with E-state index in [2.05, 4.69) is 29.7 Å². The van der Waals surface area contributed by atoms with Crippen molar-refractivity contribution in [2.75, 3.05) is 34.2 Å². The van der Waals surface area contributed by atoms with E-state index in [0.29, 0.717) is 0 Å². The number of carbonyl (C=O) groups is 4. The first-order chi connectivity index (χ1) is 31.5. The summed E-state index contributed by atoms with van der Waals surface area (Å²) in [4.78, 5) is 54.5. The summed E-state index contributed by atoms with van der Waals surface area (Å²) in [7, 11) is -8.47. The number of esters is 3. The van der Waals surface area contributed by atoms with Gasteiger partial charge in [0.2, 0.25) is 10.4 Å². The molecular formula is C43H62N3NaO18SSi2. The fourth-order valence-corrected chi connectivity index (χ4v) is 13.7. The minimum absolute atomic E-state index is 0. The van der Waals surface area contributed by atoms with Crippen LogP contribution < -0.4 is 39.9 Å². The number of ketones is 1. The van der Waals surface area contributed by atoms with Crippen LogP contribution in [0.4, 0.5) is 0 Å². The Kier molecular flexibility index (Phi) is 22.9. The van der Waals surface area contributed by atoms with Gasteiger partial charge in [0.25, 0.3) is 8.32 Å². The molecule has 0 saturated carbocycles. The van der Waals surface area contributed by atoms with E-state index in [1.807, 2.05) is 81.4 Å². The standard InChI is InChI=1S/C43H63N3O18SSi2.Na/c1-27(47)21-22-32(49)61-35-33(45-46-44)41(62-37-36(57-26-56-23-24-66(8,9)10)39(59-28(2)48)42(55-7)63-38(37)40(50)54-6)60-31(34(35)64-65(51,52)53)25-58-67(43(3,4)5,29-17-13-11-14-18-29)30-19-15-12-16-20-30;/h11-20,31,33-39,41-42H,21-26H2,1-10H3,(H,51,52,53);/q;+1/p-1/t31-,33-,34-,35-,36+,37+,38+,39-,41-,42+;/m1./s1. The Bertz CT molecular complexity index is 2090. The zero-order chi connectivity index (χ0) is 49.7. The van der Waals surface area contributed by atoms with Crippen LogP contribution in [0.1, 0.15) is 47.5 Å². The van der Waals surface area contributed by atoms with E-state index in [4.69, 9.17) is 51.2 Å². The van der Waals surface area contributed by atoms with Crippen LogP contribution in [0.2, 0.25) is 30.7 Å². The molecule has 0 spiro atoms. The van der Waals surface area contributed by atoms with Crippen molar-refractivity contribution in [3.63, 3.8) is 0 Å². The van der Waals surface area contributed by atoms with E-state index in [9.17, 15) is 37.7 Å². The van der Waals surface area contributed by atoms with Gasteiger partial charge in [-0.25, -0.2) is 13.2 Å². The van der Waals surface area contributed by atoms with Crippen LogP contribution in [0.25, 0.3) is 10.4 Å². The molecule has 372 valence electrons. The number of ether oxygens (including phenoxy) is 9. The first kappa shape index (κ1) is 59.2. The number of rotatable bonds is 23. The largest absolute Gasteiger partial charge is 1.00 e. The smallest absolute Gasteiger partial charge is 0.726 e. The first-order valence-corrected chi connectivity index (χ1v) is 28.5. The van der Waals surface area contributed by atoms with Gasteiger partial charge < -0.3 is 56.4 Å². The number of hydrogen-bond acceptors (Lipinski definition) is 19. The second-order valence-electron chi connectivity index (χ2n) is 18.2. The van der Waals surface area contributed by atoms with Crippen LogP contribution in [0, 0.1) is 0 Å². The molecule has 10 atom stereocenters. The van der Waals surface area contributed by atoms with E-state index in [-0.39, 0.29) is 48.4 Å². The Hall–Kier alpha value is -3.15. The van der Waals surface area contributed by atoms with Crippen molar-refractivity contribution < 1.29 is 113 Å². The van der Waals surface area contributed by atoms with E-state index in [0.717, 1.165) is 30.5 Å². The van der Waals surface area contributed by atoms with Crippen molar-refractivity contribution in [2.24, 2.45) is 5.11 Å². The van der Waals surface area contributed by atoms with Gasteiger partial charge >= 0.3 is 47.5 Å². The van der Waals surface area contributed by atoms with Gasteiger partial charge in [-0.3, -0.25) is 13.8 Å². The van der Waals surface area contributed by atoms with E-state index < -0.39 is 131 Å². The Morgan fingerprint density at radius 3 is 1.93 bits per heavy atom. The van der Waals surface area contributed by atoms with Crippen LogP contribution in [0.3, 0.4) is 0 Å². The van der Waals surface area contributed by atoms with Crippen LogP contribution >= 0.6 is 0 Å². The normalized spacial score (nSPS) is 25.5. The molecule has 68 heavy (non-hydrogen) atoms. The molecule has 25 heteroatoms. The number of benzene rings is 2.